The highest BCUT2D eigenvalue weighted by Gasteiger charge is 2.04. The molecule has 5 nitrogen and oxygen atoms in total. The van der Waals surface area contributed by atoms with Crippen molar-refractivity contribution in [3.63, 3.8) is 0 Å². The van der Waals surface area contributed by atoms with Crippen molar-refractivity contribution < 1.29 is 9.94 Å². The van der Waals surface area contributed by atoms with E-state index in [-0.39, 0.29) is 5.75 Å². The monoisotopic (exact) mass is 207 g/mol. The molecule has 1 rings (SSSR count). The molecule has 0 saturated heterocycles. The molecule has 0 aliphatic rings. The van der Waals surface area contributed by atoms with Crippen LogP contribution in [0.2, 0.25) is 0 Å². The van der Waals surface area contributed by atoms with Gasteiger partial charge in [0, 0.05) is 13.1 Å². The summed E-state index contributed by atoms with van der Waals surface area (Å²) in [6.45, 7) is 1.88. The van der Waals surface area contributed by atoms with E-state index in [0.717, 1.165) is 0 Å². The van der Waals surface area contributed by atoms with Crippen LogP contribution in [0.15, 0.2) is 29.6 Å². The van der Waals surface area contributed by atoms with Crippen molar-refractivity contribution in [3.8, 4) is 11.6 Å². The maximum absolute atomic E-state index is 9.17. The number of anilines is 1. The number of oxime groups is 1. The molecule has 0 amide bonds. The fourth-order valence-corrected chi connectivity index (χ4v) is 0.895. The van der Waals surface area contributed by atoms with E-state index in [1.165, 1.54) is 18.5 Å². The van der Waals surface area contributed by atoms with Crippen LogP contribution in [0.25, 0.3) is 0 Å². The lowest BCUT2D eigenvalue weighted by atomic mass is 10.4. The molecule has 1 heterocycles. The average molecular weight is 207 g/mol. The lowest BCUT2D eigenvalue weighted by Crippen LogP contribution is -1.95. The summed E-state index contributed by atoms with van der Waals surface area (Å²) >= 11 is 0. The lowest BCUT2D eigenvalue weighted by Gasteiger charge is -2.04. The van der Waals surface area contributed by atoms with Gasteiger partial charge in [0.2, 0.25) is 0 Å². The molecule has 0 spiro atoms. The summed E-state index contributed by atoms with van der Waals surface area (Å²) in [7, 11) is 1.71. The topological polar surface area (TPSA) is 66.7 Å². The predicted octanol–water partition coefficient (Wildman–Crippen LogP) is 1.77. The second-order valence-corrected chi connectivity index (χ2v) is 2.67. The van der Waals surface area contributed by atoms with Gasteiger partial charge in [0.1, 0.15) is 11.4 Å². The normalized spacial score (nSPS) is 11.1. The smallest absolute Gasteiger partial charge is 0.272 e. The summed E-state index contributed by atoms with van der Waals surface area (Å²) < 4.78 is 0. The van der Waals surface area contributed by atoms with E-state index in [4.69, 9.17) is 4.84 Å². The lowest BCUT2D eigenvalue weighted by molar-refractivity contribution is 0.330. The zero-order valence-corrected chi connectivity index (χ0v) is 8.64. The van der Waals surface area contributed by atoms with Crippen LogP contribution in [0, 0.1) is 0 Å². The van der Waals surface area contributed by atoms with Crippen molar-refractivity contribution in [2.45, 2.75) is 6.92 Å². The molecule has 5 heteroatoms. The van der Waals surface area contributed by atoms with Crippen molar-refractivity contribution in [2.75, 3.05) is 12.4 Å². The van der Waals surface area contributed by atoms with Crippen molar-refractivity contribution >= 4 is 11.9 Å². The summed E-state index contributed by atoms with van der Waals surface area (Å²) in [5.74, 6) is 0.389. The van der Waals surface area contributed by atoms with E-state index in [1.54, 1.807) is 13.1 Å². The van der Waals surface area contributed by atoms with Crippen molar-refractivity contribution in [1.29, 1.82) is 0 Å². The second-order valence-electron chi connectivity index (χ2n) is 2.67. The molecule has 0 radical (unpaired) electrons. The molecule has 1 aromatic rings. The Morgan fingerprint density at radius 1 is 1.60 bits per heavy atom. The highest BCUT2D eigenvalue weighted by molar-refractivity contribution is 5.70. The third kappa shape index (κ3) is 3.30. The molecule has 0 aliphatic carbocycles. The summed E-state index contributed by atoms with van der Waals surface area (Å²) in [6, 6.07) is 1.51. The quantitative estimate of drug-likeness (QED) is 0.583. The molecular weight excluding hydrogens is 194 g/mol. The van der Waals surface area contributed by atoms with Crippen LogP contribution in [0.5, 0.6) is 11.6 Å². The molecule has 2 N–H and O–H groups in total. The Kier molecular flexibility index (Phi) is 4.15. The first kappa shape index (κ1) is 11.0. The number of nitrogens with one attached hydrogen (secondary N) is 1. The van der Waals surface area contributed by atoms with E-state index in [0.29, 0.717) is 11.6 Å². The number of allylic oxidation sites excluding steroid dienone is 2. The van der Waals surface area contributed by atoms with Gasteiger partial charge in [0.15, 0.2) is 0 Å². The van der Waals surface area contributed by atoms with Gasteiger partial charge < -0.3 is 15.3 Å². The zero-order chi connectivity index (χ0) is 11.1. The summed E-state index contributed by atoms with van der Waals surface area (Å²) in [5.41, 5.74) is 0.577. The van der Waals surface area contributed by atoms with Crippen LogP contribution in [-0.4, -0.2) is 23.4 Å². The van der Waals surface area contributed by atoms with Gasteiger partial charge in [-0.25, -0.2) is 4.98 Å². The number of rotatable bonds is 4. The number of aromatic hydroxyl groups is 1. The molecule has 15 heavy (non-hydrogen) atoms. The van der Waals surface area contributed by atoms with Gasteiger partial charge in [-0.2, -0.15) is 0 Å². The van der Waals surface area contributed by atoms with Crippen LogP contribution < -0.4 is 10.2 Å². The number of aromatic nitrogens is 1. The maximum atomic E-state index is 9.17. The number of hydrogen-bond acceptors (Lipinski definition) is 5. The zero-order valence-electron chi connectivity index (χ0n) is 8.64. The van der Waals surface area contributed by atoms with E-state index in [2.05, 4.69) is 15.5 Å². The van der Waals surface area contributed by atoms with Crippen LogP contribution >= 0.6 is 0 Å². The Hall–Kier alpha value is -2.04. The Balaban J connectivity index is 2.76. The van der Waals surface area contributed by atoms with E-state index < -0.39 is 0 Å². The van der Waals surface area contributed by atoms with Gasteiger partial charge in [-0.15, -0.1) is 0 Å². The highest BCUT2D eigenvalue weighted by atomic mass is 16.6. The average Bonchev–Trinajstić information content (AvgIpc) is 2.26. The Bertz CT molecular complexity index is 375. The van der Waals surface area contributed by atoms with Crippen molar-refractivity contribution in [3.05, 3.63) is 24.4 Å². The van der Waals surface area contributed by atoms with Crippen LogP contribution in [0.1, 0.15) is 6.92 Å². The number of pyridine rings is 1. The first-order chi connectivity index (χ1) is 7.27. The fourth-order valence-electron chi connectivity index (χ4n) is 0.895. The predicted molar refractivity (Wildman–Crippen MR) is 59.4 cm³/mol. The summed E-state index contributed by atoms with van der Waals surface area (Å²) in [5, 5.41) is 15.7. The van der Waals surface area contributed by atoms with Gasteiger partial charge in [-0.3, -0.25) is 0 Å². The standard InChI is InChI=1S/C10H13N3O2/c1-3-4-5-13-15-10-9(11-2)6-8(14)7-12-10/h3-7,11,14H,1-2H3/b4-3-,13-5-. The molecule has 0 saturated carbocycles. The molecule has 0 bridgehead atoms. The maximum Gasteiger partial charge on any atom is 0.272 e. The van der Waals surface area contributed by atoms with E-state index in [9.17, 15) is 5.11 Å². The first-order valence-electron chi connectivity index (χ1n) is 4.46. The molecule has 0 aromatic carbocycles. The van der Waals surface area contributed by atoms with Gasteiger partial charge in [0.25, 0.3) is 5.88 Å². The summed E-state index contributed by atoms with van der Waals surface area (Å²) in [4.78, 5) is 8.89. The Morgan fingerprint density at radius 2 is 2.40 bits per heavy atom. The van der Waals surface area contributed by atoms with Gasteiger partial charge in [0.05, 0.1) is 12.4 Å². The van der Waals surface area contributed by atoms with Crippen molar-refractivity contribution in [1.82, 2.24) is 4.98 Å². The van der Waals surface area contributed by atoms with Gasteiger partial charge in [-0.1, -0.05) is 11.2 Å². The number of hydrogen-bond donors (Lipinski definition) is 2. The van der Waals surface area contributed by atoms with E-state index in [1.807, 2.05) is 13.0 Å². The first-order valence-corrected chi connectivity index (χ1v) is 4.46. The van der Waals surface area contributed by atoms with Gasteiger partial charge in [-0.05, 0) is 13.0 Å². The Morgan fingerprint density at radius 3 is 3.07 bits per heavy atom. The highest BCUT2D eigenvalue weighted by Crippen LogP contribution is 2.24. The molecule has 0 aliphatic heterocycles. The minimum absolute atomic E-state index is 0.0733. The minimum Gasteiger partial charge on any atom is -0.506 e. The third-order valence-corrected chi connectivity index (χ3v) is 1.58. The number of nitrogens with zero attached hydrogens (tertiary/aromatic N) is 2. The molecule has 0 atom stereocenters. The third-order valence-electron chi connectivity index (χ3n) is 1.58. The molecule has 80 valence electrons. The minimum atomic E-state index is 0.0733. The largest absolute Gasteiger partial charge is 0.506 e. The van der Waals surface area contributed by atoms with Crippen molar-refractivity contribution in [2.24, 2.45) is 5.16 Å². The van der Waals surface area contributed by atoms with Gasteiger partial charge >= 0.3 is 0 Å². The Labute approximate surface area is 88.1 Å². The van der Waals surface area contributed by atoms with Crippen LogP contribution in [0.3, 0.4) is 0 Å². The SMILES string of the molecule is C/C=C\C=N/Oc1ncc(O)cc1NC. The second kappa shape index (κ2) is 5.64. The van der Waals surface area contributed by atoms with E-state index >= 15 is 0 Å². The molecule has 1 aromatic heterocycles. The molecule has 0 unspecified atom stereocenters. The summed E-state index contributed by atoms with van der Waals surface area (Å²) in [6.07, 6.45) is 6.37. The van der Waals surface area contributed by atoms with Crippen LogP contribution in [-0.2, 0) is 0 Å². The molecular formula is C10H13N3O2. The molecule has 0 fully saturated rings. The fraction of sp³-hybridized carbons (Fsp3) is 0.200. The van der Waals surface area contributed by atoms with Crippen LogP contribution in [0.4, 0.5) is 5.69 Å².